The number of piperidine rings is 1. The van der Waals surface area contributed by atoms with Crippen LogP contribution in [0.2, 0.25) is 0 Å². The first-order valence-corrected chi connectivity index (χ1v) is 9.69. The lowest BCUT2D eigenvalue weighted by atomic mass is 9.86. The van der Waals surface area contributed by atoms with Gasteiger partial charge in [-0.15, -0.1) is 0 Å². The highest BCUT2D eigenvalue weighted by atomic mass is 16.6. The van der Waals surface area contributed by atoms with Gasteiger partial charge in [0.2, 0.25) is 0 Å². The lowest BCUT2D eigenvalue weighted by Gasteiger charge is -2.43. The number of nitrogens with zero attached hydrogens (tertiary/aromatic N) is 4. The number of rotatable bonds is 2. The topological polar surface area (TPSA) is 115 Å². The SMILES string of the molecule is CC(C)(C)OC(=O)N1C2CCC1CC1(C2)CN(c2ccc([N+](=O)[O-])nc2)C(=O)O1. The van der Waals surface area contributed by atoms with Crippen molar-refractivity contribution < 1.29 is 24.0 Å². The van der Waals surface area contributed by atoms with Crippen molar-refractivity contribution >= 4 is 23.7 Å². The molecule has 4 heterocycles. The Morgan fingerprint density at radius 1 is 1.31 bits per heavy atom. The van der Waals surface area contributed by atoms with Crippen LogP contribution in [0.25, 0.3) is 0 Å². The molecular weight excluding hydrogens is 380 g/mol. The Morgan fingerprint density at radius 2 is 1.97 bits per heavy atom. The Kier molecular flexibility index (Phi) is 4.39. The molecule has 0 N–H and O–H groups in total. The summed E-state index contributed by atoms with van der Waals surface area (Å²) in [5.41, 5.74) is -0.784. The fourth-order valence-electron chi connectivity index (χ4n) is 4.60. The highest BCUT2D eigenvalue weighted by Crippen LogP contribution is 2.46. The number of hydrogen-bond acceptors (Lipinski definition) is 7. The second-order valence-corrected chi connectivity index (χ2v) is 8.95. The van der Waals surface area contributed by atoms with E-state index in [0.29, 0.717) is 25.1 Å². The van der Waals surface area contributed by atoms with Crippen molar-refractivity contribution in [2.75, 3.05) is 11.4 Å². The van der Waals surface area contributed by atoms with Crippen LogP contribution in [0.15, 0.2) is 18.3 Å². The molecule has 10 heteroatoms. The molecule has 0 aliphatic carbocycles. The Balaban J connectivity index is 1.49. The molecule has 2 unspecified atom stereocenters. The first kappa shape index (κ1) is 19.4. The number of pyridine rings is 1. The fraction of sp³-hybridized carbons (Fsp3) is 0.632. The van der Waals surface area contributed by atoms with Crippen molar-refractivity contribution in [1.29, 1.82) is 0 Å². The van der Waals surface area contributed by atoms with Gasteiger partial charge in [-0.2, -0.15) is 0 Å². The molecule has 1 aromatic rings. The molecule has 3 aliphatic rings. The molecule has 2 atom stereocenters. The average molecular weight is 404 g/mol. The minimum atomic E-state index is -0.677. The molecule has 0 saturated carbocycles. The first-order chi connectivity index (χ1) is 13.6. The van der Waals surface area contributed by atoms with E-state index in [1.165, 1.54) is 23.2 Å². The van der Waals surface area contributed by atoms with E-state index in [1.54, 1.807) is 4.90 Å². The maximum atomic E-state index is 12.6. The van der Waals surface area contributed by atoms with Crippen LogP contribution in [0.5, 0.6) is 0 Å². The molecule has 29 heavy (non-hydrogen) atoms. The Hall–Kier alpha value is -2.91. The summed E-state index contributed by atoms with van der Waals surface area (Å²) < 4.78 is 11.3. The predicted molar refractivity (Wildman–Crippen MR) is 102 cm³/mol. The number of carbonyl (C=O) groups is 2. The molecule has 2 bridgehead atoms. The summed E-state index contributed by atoms with van der Waals surface area (Å²) in [6, 6.07) is 2.69. The molecule has 1 aromatic heterocycles. The smallest absolute Gasteiger partial charge is 0.415 e. The van der Waals surface area contributed by atoms with Gasteiger partial charge in [-0.3, -0.25) is 4.90 Å². The molecule has 3 fully saturated rings. The highest BCUT2D eigenvalue weighted by Gasteiger charge is 2.57. The lowest BCUT2D eigenvalue weighted by molar-refractivity contribution is -0.389. The van der Waals surface area contributed by atoms with E-state index in [0.717, 1.165) is 12.8 Å². The molecule has 0 radical (unpaired) electrons. The maximum absolute atomic E-state index is 12.6. The van der Waals surface area contributed by atoms with E-state index in [1.807, 2.05) is 20.8 Å². The number of carbonyl (C=O) groups excluding carboxylic acids is 2. The van der Waals surface area contributed by atoms with Gasteiger partial charge in [0.25, 0.3) is 0 Å². The first-order valence-electron chi connectivity index (χ1n) is 9.69. The summed E-state index contributed by atoms with van der Waals surface area (Å²) in [6.07, 6.45) is 3.29. The van der Waals surface area contributed by atoms with Crippen molar-refractivity contribution in [3.8, 4) is 0 Å². The summed E-state index contributed by atoms with van der Waals surface area (Å²) in [5.74, 6) is -0.278. The molecular formula is C19H24N4O6. The van der Waals surface area contributed by atoms with Gasteiger partial charge in [0.05, 0.1) is 12.2 Å². The predicted octanol–water partition coefficient (Wildman–Crippen LogP) is 3.25. The summed E-state index contributed by atoms with van der Waals surface area (Å²) in [5, 5.41) is 10.8. The molecule has 1 spiro atoms. The van der Waals surface area contributed by atoms with Gasteiger partial charge < -0.3 is 24.5 Å². The fourth-order valence-corrected chi connectivity index (χ4v) is 4.60. The van der Waals surface area contributed by atoms with Gasteiger partial charge >= 0.3 is 18.0 Å². The number of ether oxygens (including phenoxy) is 2. The number of nitro groups is 1. The third-order valence-corrected chi connectivity index (χ3v) is 5.64. The zero-order valence-corrected chi connectivity index (χ0v) is 16.7. The lowest BCUT2D eigenvalue weighted by Crippen LogP contribution is -2.55. The van der Waals surface area contributed by atoms with Gasteiger partial charge in [-0.25, -0.2) is 9.59 Å². The normalized spacial score (nSPS) is 28.6. The minimum absolute atomic E-state index is 0.0358. The largest absolute Gasteiger partial charge is 0.444 e. The molecule has 3 aliphatic heterocycles. The van der Waals surface area contributed by atoms with Crippen LogP contribution >= 0.6 is 0 Å². The average Bonchev–Trinajstić information content (AvgIpc) is 3.08. The van der Waals surface area contributed by atoms with E-state index >= 15 is 0 Å². The van der Waals surface area contributed by atoms with E-state index in [9.17, 15) is 19.7 Å². The van der Waals surface area contributed by atoms with Gasteiger partial charge in [0.1, 0.15) is 11.2 Å². The van der Waals surface area contributed by atoms with Crippen molar-refractivity contribution in [2.24, 2.45) is 0 Å². The number of aromatic nitrogens is 1. The van der Waals surface area contributed by atoms with Crippen LogP contribution < -0.4 is 4.90 Å². The van der Waals surface area contributed by atoms with E-state index in [4.69, 9.17) is 9.47 Å². The zero-order valence-electron chi connectivity index (χ0n) is 16.7. The van der Waals surface area contributed by atoms with Crippen LogP contribution in [0.4, 0.5) is 21.1 Å². The maximum Gasteiger partial charge on any atom is 0.415 e. The van der Waals surface area contributed by atoms with Gasteiger partial charge in [0, 0.05) is 31.0 Å². The summed E-state index contributed by atoms with van der Waals surface area (Å²) in [6.45, 7) is 5.85. The van der Waals surface area contributed by atoms with Crippen LogP contribution in [0, 0.1) is 10.1 Å². The second kappa shape index (κ2) is 6.57. The number of hydrogen-bond donors (Lipinski definition) is 0. The van der Waals surface area contributed by atoms with Crippen LogP contribution in [-0.4, -0.2) is 56.8 Å². The second-order valence-electron chi connectivity index (χ2n) is 8.95. The van der Waals surface area contributed by atoms with Crippen LogP contribution in [0.3, 0.4) is 0 Å². The van der Waals surface area contributed by atoms with Gasteiger partial charge in [0.15, 0.2) is 6.20 Å². The molecule has 156 valence electrons. The molecule has 2 amide bonds. The molecule has 3 saturated heterocycles. The monoisotopic (exact) mass is 404 g/mol. The quantitative estimate of drug-likeness (QED) is 0.549. The minimum Gasteiger partial charge on any atom is -0.444 e. The van der Waals surface area contributed by atoms with E-state index < -0.39 is 22.2 Å². The van der Waals surface area contributed by atoms with Crippen molar-refractivity contribution in [3.05, 3.63) is 28.4 Å². The summed E-state index contributed by atoms with van der Waals surface area (Å²) in [4.78, 5) is 42.4. The molecule has 10 nitrogen and oxygen atoms in total. The van der Waals surface area contributed by atoms with Crippen molar-refractivity contribution in [3.63, 3.8) is 0 Å². The number of amides is 2. The Bertz CT molecular complexity index is 835. The number of anilines is 1. The Labute approximate surface area is 167 Å². The van der Waals surface area contributed by atoms with E-state index in [2.05, 4.69) is 4.98 Å². The van der Waals surface area contributed by atoms with Crippen LogP contribution in [0.1, 0.15) is 46.5 Å². The van der Waals surface area contributed by atoms with Gasteiger partial charge in [-0.1, -0.05) is 0 Å². The van der Waals surface area contributed by atoms with Crippen LogP contribution in [-0.2, 0) is 9.47 Å². The number of fused-ring (bicyclic) bond motifs is 2. The zero-order chi connectivity index (χ0) is 21.0. The third kappa shape index (κ3) is 3.58. The Morgan fingerprint density at radius 3 is 2.48 bits per heavy atom. The van der Waals surface area contributed by atoms with Crippen molar-refractivity contribution in [2.45, 2.75) is 69.7 Å². The third-order valence-electron chi connectivity index (χ3n) is 5.64. The summed E-state index contributed by atoms with van der Waals surface area (Å²) in [7, 11) is 0. The molecule has 0 aromatic carbocycles. The highest BCUT2D eigenvalue weighted by molar-refractivity contribution is 5.90. The van der Waals surface area contributed by atoms with Gasteiger partial charge in [-0.05, 0) is 49.6 Å². The molecule has 4 rings (SSSR count). The summed E-state index contributed by atoms with van der Waals surface area (Å²) >= 11 is 0. The standard InChI is InChI=1S/C19H24N4O6/c1-18(2,3)28-17(25)22-12-4-5-13(22)9-19(8-12)11-21(16(24)29-19)14-6-7-15(20-10-14)23(26)27/h6-7,10,12-13H,4-5,8-9,11H2,1-3H3. The van der Waals surface area contributed by atoms with Crippen molar-refractivity contribution in [1.82, 2.24) is 9.88 Å². The van der Waals surface area contributed by atoms with E-state index in [-0.39, 0.29) is 24.0 Å².